The molecule has 0 saturated heterocycles. The standard InChI is InChI=1S/C14H11BrClNO/c1-8-6-10(16)3-4-11(8)14(18)9-2-5-13(17)12(15)7-9/h2-7H,17H2,1H3. The van der Waals surface area contributed by atoms with Crippen LogP contribution in [0.15, 0.2) is 40.9 Å². The van der Waals surface area contributed by atoms with Gasteiger partial charge in [-0.05, 0) is 64.8 Å². The van der Waals surface area contributed by atoms with Gasteiger partial charge in [0.15, 0.2) is 5.78 Å². The van der Waals surface area contributed by atoms with Gasteiger partial charge in [0.1, 0.15) is 0 Å². The lowest BCUT2D eigenvalue weighted by Crippen LogP contribution is -2.04. The van der Waals surface area contributed by atoms with Crippen LogP contribution >= 0.6 is 27.5 Å². The zero-order chi connectivity index (χ0) is 13.3. The van der Waals surface area contributed by atoms with E-state index in [1.54, 1.807) is 36.4 Å². The topological polar surface area (TPSA) is 43.1 Å². The van der Waals surface area contributed by atoms with E-state index < -0.39 is 0 Å². The van der Waals surface area contributed by atoms with Crippen molar-refractivity contribution in [3.05, 3.63) is 62.6 Å². The number of rotatable bonds is 2. The normalized spacial score (nSPS) is 10.4. The van der Waals surface area contributed by atoms with Crippen LogP contribution in [0.3, 0.4) is 0 Å². The molecule has 0 saturated carbocycles. The van der Waals surface area contributed by atoms with Gasteiger partial charge in [-0.1, -0.05) is 11.6 Å². The third-order valence-corrected chi connectivity index (χ3v) is 3.62. The minimum absolute atomic E-state index is 0.0372. The number of carbonyl (C=O) groups is 1. The first-order valence-corrected chi connectivity index (χ1v) is 6.52. The van der Waals surface area contributed by atoms with E-state index in [-0.39, 0.29) is 5.78 Å². The Hall–Kier alpha value is -1.32. The fourth-order valence-electron chi connectivity index (χ4n) is 1.71. The van der Waals surface area contributed by atoms with Crippen molar-refractivity contribution in [1.29, 1.82) is 0 Å². The van der Waals surface area contributed by atoms with E-state index in [0.29, 0.717) is 21.8 Å². The summed E-state index contributed by atoms with van der Waals surface area (Å²) in [5.74, 6) is -0.0372. The Kier molecular flexibility index (Phi) is 3.73. The van der Waals surface area contributed by atoms with Crippen molar-refractivity contribution in [3.63, 3.8) is 0 Å². The molecule has 0 atom stereocenters. The molecule has 2 rings (SSSR count). The molecular formula is C14H11BrClNO. The SMILES string of the molecule is Cc1cc(Cl)ccc1C(=O)c1ccc(N)c(Br)c1. The molecule has 4 heteroatoms. The molecule has 2 aromatic rings. The van der Waals surface area contributed by atoms with E-state index in [1.807, 2.05) is 6.92 Å². The number of halogens is 2. The maximum absolute atomic E-state index is 12.3. The van der Waals surface area contributed by atoms with Crippen LogP contribution in [0.4, 0.5) is 5.69 Å². The number of nitrogen functional groups attached to an aromatic ring is 1. The average Bonchev–Trinajstić information content (AvgIpc) is 2.32. The fraction of sp³-hybridized carbons (Fsp3) is 0.0714. The minimum atomic E-state index is -0.0372. The second kappa shape index (κ2) is 5.12. The Morgan fingerprint density at radius 1 is 1.22 bits per heavy atom. The number of ketones is 1. The monoisotopic (exact) mass is 323 g/mol. The predicted molar refractivity (Wildman–Crippen MR) is 78.2 cm³/mol. The Morgan fingerprint density at radius 2 is 1.94 bits per heavy atom. The summed E-state index contributed by atoms with van der Waals surface area (Å²) in [6, 6.07) is 10.4. The van der Waals surface area contributed by atoms with E-state index in [9.17, 15) is 4.79 Å². The van der Waals surface area contributed by atoms with Gasteiger partial charge < -0.3 is 5.73 Å². The summed E-state index contributed by atoms with van der Waals surface area (Å²) in [7, 11) is 0. The van der Waals surface area contributed by atoms with E-state index in [2.05, 4.69) is 15.9 Å². The lowest BCUT2D eigenvalue weighted by Gasteiger charge is -2.07. The zero-order valence-corrected chi connectivity index (χ0v) is 12.0. The van der Waals surface area contributed by atoms with Crippen molar-refractivity contribution in [2.75, 3.05) is 5.73 Å². The molecule has 92 valence electrons. The van der Waals surface area contributed by atoms with Gasteiger partial charge in [-0.25, -0.2) is 0 Å². The third-order valence-electron chi connectivity index (χ3n) is 2.70. The first kappa shape index (κ1) is 13.1. The number of nitrogens with two attached hydrogens (primary N) is 1. The highest BCUT2D eigenvalue weighted by Gasteiger charge is 2.12. The van der Waals surface area contributed by atoms with Gasteiger partial charge in [0.2, 0.25) is 0 Å². The van der Waals surface area contributed by atoms with Gasteiger partial charge in [0.05, 0.1) is 0 Å². The first-order chi connectivity index (χ1) is 8.49. The molecule has 0 amide bonds. The van der Waals surface area contributed by atoms with Gasteiger partial charge in [0, 0.05) is 26.3 Å². The van der Waals surface area contributed by atoms with Crippen LogP contribution in [0.5, 0.6) is 0 Å². The van der Waals surface area contributed by atoms with Crippen molar-refractivity contribution in [2.45, 2.75) is 6.92 Å². The summed E-state index contributed by atoms with van der Waals surface area (Å²) in [6.45, 7) is 1.87. The van der Waals surface area contributed by atoms with E-state index in [4.69, 9.17) is 17.3 Å². The Bertz CT molecular complexity index is 625. The molecule has 0 bridgehead atoms. The van der Waals surface area contributed by atoms with Gasteiger partial charge in [-0.15, -0.1) is 0 Å². The zero-order valence-electron chi connectivity index (χ0n) is 9.71. The van der Waals surface area contributed by atoms with Crippen molar-refractivity contribution in [3.8, 4) is 0 Å². The number of hydrogen-bond acceptors (Lipinski definition) is 2. The molecular weight excluding hydrogens is 314 g/mol. The summed E-state index contributed by atoms with van der Waals surface area (Å²) in [4.78, 5) is 12.3. The summed E-state index contributed by atoms with van der Waals surface area (Å²) in [6.07, 6.45) is 0. The second-order valence-corrected chi connectivity index (χ2v) is 5.32. The van der Waals surface area contributed by atoms with Crippen LogP contribution in [-0.4, -0.2) is 5.78 Å². The summed E-state index contributed by atoms with van der Waals surface area (Å²) in [5.41, 5.74) is 8.42. The number of anilines is 1. The molecule has 0 heterocycles. The number of hydrogen-bond donors (Lipinski definition) is 1. The Labute approximate surface area is 119 Å². The Morgan fingerprint density at radius 3 is 2.56 bits per heavy atom. The van der Waals surface area contributed by atoms with E-state index >= 15 is 0 Å². The molecule has 0 aromatic heterocycles. The van der Waals surface area contributed by atoms with E-state index in [0.717, 1.165) is 10.0 Å². The van der Waals surface area contributed by atoms with Crippen molar-refractivity contribution in [2.24, 2.45) is 0 Å². The molecule has 0 spiro atoms. The first-order valence-electron chi connectivity index (χ1n) is 5.35. The summed E-state index contributed by atoms with van der Waals surface area (Å²) >= 11 is 9.20. The van der Waals surface area contributed by atoms with Crippen LogP contribution in [0.2, 0.25) is 5.02 Å². The number of benzene rings is 2. The molecule has 0 radical (unpaired) electrons. The molecule has 2 nitrogen and oxygen atoms in total. The van der Waals surface area contributed by atoms with Crippen LogP contribution < -0.4 is 5.73 Å². The quantitative estimate of drug-likeness (QED) is 0.664. The number of carbonyl (C=O) groups excluding carboxylic acids is 1. The highest BCUT2D eigenvalue weighted by molar-refractivity contribution is 9.10. The highest BCUT2D eigenvalue weighted by Crippen LogP contribution is 2.24. The summed E-state index contributed by atoms with van der Waals surface area (Å²) in [5, 5.41) is 0.627. The predicted octanol–water partition coefficient (Wildman–Crippen LogP) is 4.22. The van der Waals surface area contributed by atoms with Crippen LogP contribution in [-0.2, 0) is 0 Å². The maximum atomic E-state index is 12.3. The molecule has 0 unspecified atom stereocenters. The molecule has 18 heavy (non-hydrogen) atoms. The third kappa shape index (κ3) is 2.57. The van der Waals surface area contributed by atoms with Crippen molar-refractivity contribution >= 4 is 39.0 Å². The van der Waals surface area contributed by atoms with Crippen LogP contribution in [0.25, 0.3) is 0 Å². The van der Waals surface area contributed by atoms with Crippen LogP contribution in [0, 0.1) is 6.92 Å². The number of aryl methyl sites for hydroxylation is 1. The highest BCUT2D eigenvalue weighted by atomic mass is 79.9. The lowest BCUT2D eigenvalue weighted by molar-refractivity contribution is 0.103. The molecule has 0 fully saturated rings. The Balaban J connectivity index is 2.44. The average molecular weight is 325 g/mol. The minimum Gasteiger partial charge on any atom is -0.398 e. The smallest absolute Gasteiger partial charge is 0.193 e. The van der Waals surface area contributed by atoms with Gasteiger partial charge in [-0.3, -0.25) is 4.79 Å². The van der Waals surface area contributed by atoms with Crippen molar-refractivity contribution < 1.29 is 4.79 Å². The maximum Gasteiger partial charge on any atom is 0.193 e. The molecule has 2 N–H and O–H groups in total. The molecule has 2 aromatic carbocycles. The second-order valence-electron chi connectivity index (χ2n) is 4.02. The molecule has 0 aliphatic carbocycles. The van der Waals surface area contributed by atoms with Crippen molar-refractivity contribution in [1.82, 2.24) is 0 Å². The largest absolute Gasteiger partial charge is 0.398 e. The lowest BCUT2D eigenvalue weighted by atomic mass is 9.99. The van der Waals surface area contributed by atoms with Crippen LogP contribution in [0.1, 0.15) is 21.5 Å². The molecule has 0 aliphatic heterocycles. The van der Waals surface area contributed by atoms with E-state index in [1.165, 1.54) is 0 Å². The van der Waals surface area contributed by atoms with Gasteiger partial charge >= 0.3 is 0 Å². The summed E-state index contributed by atoms with van der Waals surface area (Å²) < 4.78 is 0.722. The molecule has 0 aliphatic rings. The van der Waals surface area contributed by atoms with Gasteiger partial charge in [-0.2, -0.15) is 0 Å². The van der Waals surface area contributed by atoms with Gasteiger partial charge in [0.25, 0.3) is 0 Å². The fourth-order valence-corrected chi connectivity index (χ4v) is 2.31.